The molecule has 0 bridgehead atoms. The number of carbonyl (C=O) groups excluding carboxylic acids is 1. The van der Waals surface area contributed by atoms with E-state index in [1.54, 1.807) is 0 Å². The SMILES string of the molecule is O=C(O)C1CCCCC1C(=O)Nc1ccc(F)c(F)c1F. The van der Waals surface area contributed by atoms with Gasteiger partial charge in [0.2, 0.25) is 5.91 Å². The first-order valence-corrected chi connectivity index (χ1v) is 6.59. The van der Waals surface area contributed by atoms with Crippen molar-refractivity contribution in [3.8, 4) is 0 Å². The van der Waals surface area contributed by atoms with Crippen LogP contribution in [-0.2, 0) is 9.59 Å². The van der Waals surface area contributed by atoms with Crippen molar-refractivity contribution in [1.29, 1.82) is 0 Å². The van der Waals surface area contributed by atoms with Crippen LogP contribution in [0, 0.1) is 29.3 Å². The molecule has 114 valence electrons. The Morgan fingerprint density at radius 2 is 1.67 bits per heavy atom. The molecule has 2 atom stereocenters. The van der Waals surface area contributed by atoms with Crippen molar-refractivity contribution >= 4 is 17.6 Å². The van der Waals surface area contributed by atoms with Crippen molar-refractivity contribution in [2.45, 2.75) is 25.7 Å². The fourth-order valence-corrected chi connectivity index (χ4v) is 2.59. The predicted molar refractivity (Wildman–Crippen MR) is 68.0 cm³/mol. The van der Waals surface area contributed by atoms with Gasteiger partial charge in [-0.25, -0.2) is 13.2 Å². The van der Waals surface area contributed by atoms with Gasteiger partial charge in [-0.05, 0) is 25.0 Å². The lowest BCUT2D eigenvalue weighted by Gasteiger charge is -2.27. The van der Waals surface area contributed by atoms with Crippen LogP contribution in [0.5, 0.6) is 0 Å². The van der Waals surface area contributed by atoms with Crippen LogP contribution in [0.1, 0.15) is 25.7 Å². The Bertz CT molecular complexity index is 577. The molecule has 1 aliphatic carbocycles. The summed E-state index contributed by atoms with van der Waals surface area (Å²) in [6.45, 7) is 0. The minimum Gasteiger partial charge on any atom is -0.481 e. The molecule has 0 heterocycles. The predicted octanol–water partition coefficient (Wildman–Crippen LogP) is 2.93. The molecule has 0 spiro atoms. The molecule has 1 aliphatic rings. The van der Waals surface area contributed by atoms with Crippen LogP contribution in [0.4, 0.5) is 18.9 Å². The quantitative estimate of drug-likeness (QED) is 0.844. The topological polar surface area (TPSA) is 66.4 Å². The van der Waals surface area contributed by atoms with Crippen molar-refractivity contribution in [2.75, 3.05) is 5.32 Å². The Hall–Kier alpha value is -2.05. The number of hydrogen-bond donors (Lipinski definition) is 2. The van der Waals surface area contributed by atoms with Crippen LogP contribution >= 0.6 is 0 Å². The summed E-state index contributed by atoms with van der Waals surface area (Å²) in [5, 5.41) is 11.2. The number of nitrogens with one attached hydrogen (secondary N) is 1. The van der Waals surface area contributed by atoms with Crippen LogP contribution in [-0.4, -0.2) is 17.0 Å². The van der Waals surface area contributed by atoms with Gasteiger partial charge in [0.05, 0.1) is 17.5 Å². The summed E-state index contributed by atoms with van der Waals surface area (Å²) >= 11 is 0. The van der Waals surface area contributed by atoms with Gasteiger partial charge in [0.1, 0.15) is 0 Å². The maximum atomic E-state index is 13.5. The molecule has 0 aromatic heterocycles. The van der Waals surface area contributed by atoms with E-state index in [0.717, 1.165) is 6.07 Å². The number of aliphatic carboxylic acids is 1. The molecule has 1 amide bonds. The van der Waals surface area contributed by atoms with E-state index in [2.05, 4.69) is 5.32 Å². The van der Waals surface area contributed by atoms with E-state index in [9.17, 15) is 22.8 Å². The molecule has 4 nitrogen and oxygen atoms in total. The van der Waals surface area contributed by atoms with Crippen molar-refractivity contribution in [1.82, 2.24) is 0 Å². The third-order valence-corrected chi connectivity index (χ3v) is 3.71. The number of rotatable bonds is 3. The average molecular weight is 301 g/mol. The average Bonchev–Trinajstić information content (AvgIpc) is 2.47. The summed E-state index contributed by atoms with van der Waals surface area (Å²) in [6.07, 6.45) is 2.14. The summed E-state index contributed by atoms with van der Waals surface area (Å²) < 4.78 is 39.4. The van der Waals surface area contributed by atoms with E-state index in [1.165, 1.54) is 0 Å². The van der Waals surface area contributed by atoms with Crippen molar-refractivity contribution in [2.24, 2.45) is 11.8 Å². The first kappa shape index (κ1) is 15.3. The number of anilines is 1. The zero-order chi connectivity index (χ0) is 15.6. The standard InChI is InChI=1S/C14H14F3NO3/c15-9-5-6-10(12(17)11(9)16)18-13(19)7-3-1-2-4-8(7)14(20)21/h5-8H,1-4H2,(H,18,19)(H,20,21). The minimum absolute atomic E-state index is 0.369. The van der Waals surface area contributed by atoms with Gasteiger partial charge in [-0.1, -0.05) is 12.8 Å². The minimum atomic E-state index is -1.67. The summed E-state index contributed by atoms with van der Waals surface area (Å²) in [5.74, 6) is -7.94. The van der Waals surface area contributed by atoms with Gasteiger partial charge in [0.15, 0.2) is 17.5 Å². The van der Waals surface area contributed by atoms with E-state index >= 15 is 0 Å². The fraction of sp³-hybridized carbons (Fsp3) is 0.429. The second-order valence-electron chi connectivity index (χ2n) is 5.05. The normalized spacial score (nSPS) is 21.9. The Labute approximate surface area is 119 Å². The smallest absolute Gasteiger partial charge is 0.307 e. The maximum absolute atomic E-state index is 13.5. The second-order valence-corrected chi connectivity index (χ2v) is 5.05. The van der Waals surface area contributed by atoms with Crippen molar-refractivity contribution in [3.05, 3.63) is 29.6 Å². The number of carboxylic acids is 1. The summed E-state index contributed by atoms with van der Waals surface area (Å²) in [5.41, 5.74) is -0.492. The number of carbonyl (C=O) groups is 2. The molecule has 2 unspecified atom stereocenters. The van der Waals surface area contributed by atoms with Crippen molar-refractivity contribution < 1.29 is 27.9 Å². The molecule has 1 saturated carbocycles. The number of amides is 1. The van der Waals surface area contributed by atoms with E-state index in [-0.39, 0.29) is 0 Å². The summed E-state index contributed by atoms with van der Waals surface area (Å²) in [6, 6.07) is 1.60. The molecular formula is C14H14F3NO3. The van der Waals surface area contributed by atoms with Gasteiger partial charge in [-0.3, -0.25) is 9.59 Å². The second kappa shape index (κ2) is 6.15. The Kier molecular flexibility index (Phi) is 4.50. The molecule has 7 heteroatoms. The molecule has 21 heavy (non-hydrogen) atoms. The van der Waals surface area contributed by atoms with Gasteiger partial charge in [-0.15, -0.1) is 0 Å². The van der Waals surface area contributed by atoms with Crippen LogP contribution in [0.15, 0.2) is 12.1 Å². The molecule has 0 saturated heterocycles. The highest BCUT2D eigenvalue weighted by molar-refractivity contribution is 5.95. The van der Waals surface area contributed by atoms with Gasteiger partial charge < -0.3 is 10.4 Å². The monoisotopic (exact) mass is 301 g/mol. The number of hydrogen-bond acceptors (Lipinski definition) is 2. The zero-order valence-corrected chi connectivity index (χ0v) is 11.0. The van der Waals surface area contributed by atoms with E-state index in [0.29, 0.717) is 31.7 Å². The molecule has 1 fully saturated rings. The highest BCUT2D eigenvalue weighted by Crippen LogP contribution is 2.31. The zero-order valence-electron chi connectivity index (χ0n) is 11.0. The third-order valence-electron chi connectivity index (χ3n) is 3.71. The number of carboxylic acid groups (broad SMARTS) is 1. The lowest BCUT2D eigenvalue weighted by atomic mass is 9.78. The van der Waals surface area contributed by atoms with Crippen LogP contribution in [0.3, 0.4) is 0 Å². The largest absolute Gasteiger partial charge is 0.481 e. The number of halogens is 3. The van der Waals surface area contributed by atoms with E-state index in [4.69, 9.17) is 5.11 Å². The Morgan fingerprint density at radius 1 is 1.05 bits per heavy atom. The van der Waals surface area contributed by atoms with Crippen LogP contribution in [0.2, 0.25) is 0 Å². The molecule has 2 N–H and O–H groups in total. The molecule has 0 radical (unpaired) electrons. The first-order chi connectivity index (χ1) is 9.91. The first-order valence-electron chi connectivity index (χ1n) is 6.59. The van der Waals surface area contributed by atoms with Crippen LogP contribution < -0.4 is 5.32 Å². The van der Waals surface area contributed by atoms with Gasteiger partial charge in [-0.2, -0.15) is 0 Å². The number of benzene rings is 1. The fourth-order valence-electron chi connectivity index (χ4n) is 2.59. The summed E-state index contributed by atoms with van der Waals surface area (Å²) in [7, 11) is 0. The molecule has 2 rings (SSSR count). The molecule has 0 aliphatic heterocycles. The van der Waals surface area contributed by atoms with Crippen LogP contribution in [0.25, 0.3) is 0 Å². The summed E-state index contributed by atoms with van der Waals surface area (Å²) in [4.78, 5) is 23.2. The Morgan fingerprint density at radius 3 is 2.29 bits per heavy atom. The highest BCUT2D eigenvalue weighted by atomic mass is 19.2. The van der Waals surface area contributed by atoms with Gasteiger partial charge in [0, 0.05) is 0 Å². The van der Waals surface area contributed by atoms with Crippen molar-refractivity contribution in [3.63, 3.8) is 0 Å². The highest BCUT2D eigenvalue weighted by Gasteiger charge is 2.36. The van der Waals surface area contributed by atoms with Gasteiger partial charge in [0.25, 0.3) is 0 Å². The molecule has 1 aromatic carbocycles. The molecule has 1 aromatic rings. The maximum Gasteiger partial charge on any atom is 0.307 e. The third kappa shape index (κ3) is 3.17. The Balaban J connectivity index is 2.17. The van der Waals surface area contributed by atoms with Gasteiger partial charge >= 0.3 is 5.97 Å². The van der Waals surface area contributed by atoms with E-state index in [1.807, 2.05) is 0 Å². The lowest BCUT2D eigenvalue weighted by molar-refractivity contribution is -0.147. The lowest BCUT2D eigenvalue weighted by Crippen LogP contribution is -2.36. The molecular weight excluding hydrogens is 287 g/mol. The van der Waals surface area contributed by atoms with E-state index < -0.39 is 46.9 Å².